The van der Waals surface area contributed by atoms with Gasteiger partial charge in [0.25, 0.3) is 5.91 Å². The van der Waals surface area contributed by atoms with Crippen LogP contribution in [0.4, 0.5) is 16.6 Å². The van der Waals surface area contributed by atoms with Gasteiger partial charge in [-0.25, -0.2) is 14.5 Å². The molecule has 1 aliphatic heterocycles. The van der Waals surface area contributed by atoms with Gasteiger partial charge in [0.2, 0.25) is 5.95 Å². The summed E-state index contributed by atoms with van der Waals surface area (Å²) in [5, 5.41) is 18.5. The van der Waals surface area contributed by atoms with E-state index in [4.69, 9.17) is 19.3 Å². The first-order valence-corrected chi connectivity index (χ1v) is 15.3. The minimum absolute atomic E-state index is 0.0614. The fraction of sp³-hybridized carbons (Fsp3) is 0.333. The van der Waals surface area contributed by atoms with Gasteiger partial charge in [-0.3, -0.25) is 15.2 Å². The number of aromatic nitrogens is 6. The number of hydrogen-bond acceptors (Lipinski definition) is 10. The van der Waals surface area contributed by atoms with Crippen LogP contribution in [0.1, 0.15) is 48.9 Å². The van der Waals surface area contributed by atoms with Crippen molar-refractivity contribution in [3.8, 4) is 17.2 Å². The number of carbonyl (C=O) groups excluding carboxylic acids is 2. The summed E-state index contributed by atoms with van der Waals surface area (Å²) in [6.45, 7) is 8.81. The number of carbonyl (C=O) groups is 2. The second-order valence-electron chi connectivity index (χ2n) is 12.2. The van der Waals surface area contributed by atoms with Gasteiger partial charge >= 0.3 is 6.09 Å². The molecule has 6 rings (SSSR count). The fourth-order valence-electron chi connectivity index (χ4n) is 5.21. The highest BCUT2D eigenvalue weighted by Gasteiger charge is 2.31. The van der Waals surface area contributed by atoms with E-state index in [9.17, 15) is 9.59 Å². The lowest BCUT2D eigenvalue weighted by Crippen LogP contribution is -2.36. The Labute approximate surface area is 271 Å². The molecule has 0 saturated carbocycles. The topological polar surface area (TPSA) is 161 Å². The van der Waals surface area contributed by atoms with E-state index in [1.54, 1.807) is 55.5 Å². The first kappa shape index (κ1) is 31.3. The van der Waals surface area contributed by atoms with Crippen molar-refractivity contribution in [2.45, 2.75) is 52.3 Å². The molecule has 47 heavy (non-hydrogen) atoms. The number of H-pyrrole nitrogens is 1. The number of aromatic amines is 1. The summed E-state index contributed by atoms with van der Waals surface area (Å²) in [4.78, 5) is 35.9. The first-order chi connectivity index (χ1) is 22.5. The molecule has 1 saturated heterocycles. The zero-order chi connectivity index (χ0) is 33.1. The molecule has 0 radical (unpaired) electrons. The molecule has 2 aromatic carbocycles. The van der Waals surface area contributed by atoms with Crippen LogP contribution in [0, 0.1) is 6.92 Å². The Kier molecular flexibility index (Phi) is 8.66. The number of hydrogen-bond donors (Lipinski definition) is 3. The number of ether oxygens (including phenoxy) is 3. The number of pyridine rings is 1. The van der Waals surface area contributed by atoms with Crippen LogP contribution in [-0.2, 0) is 11.3 Å². The molecule has 2 amide bonds. The van der Waals surface area contributed by atoms with Crippen molar-refractivity contribution in [1.82, 2.24) is 34.8 Å². The number of likely N-dealkylation sites (tertiary alicyclic amines) is 1. The molecule has 14 nitrogen and oxygen atoms in total. The predicted octanol–water partition coefficient (Wildman–Crippen LogP) is 5.38. The monoisotopic (exact) mass is 639 g/mol. The van der Waals surface area contributed by atoms with Crippen molar-refractivity contribution >= 4 is 34.8 Å². The zero-order valence-corrected chi connectivity index (χ0v) is 26.9. The van der Waals surface area contributed by atoms with E-state index < -0.39 is 5.60 Å². The summed E-state index contributed by atoms with van der Waals surface area (Å²) in [6, 6.07) is 16.3. The lowest BCUT2D eigenvalue weighted by molar-refractivity contribution is 0.0293. The molecule has 1 aliphatic rings. The highest BCUT2D eigenvalue weighted by atomic mass is 16.6. The van der Waals surface area contributed by atoms with Gasteiger partial charge in [0, 0.05) is 37.0 Å². The van der Waals surface area contributed by atoms with Gasteiger partial charge in [0.05, 0.1) is 13.7 Å². The number of nitrogens with zero attached hydrogens (tertiary/aromatic N) is 6. The van der Waals surface area contributed by atoms with Crippen LogP contribution in [-0.4, -0.2) is 78.7 Å². The number of nitrogens with one attached hydrogen (secondary N) is 3. The number of rotatable bonds is 9. The first-order valence-electron chi connectivity index (χ1n) is 15.3. The van der Waals surface area contributed by atoms with Crippen molar-refractivity contribution in [2.75, 3.05) is 30.8 Å². The lowest BCUT2D eigenvalue weighted by atomic mass is 10.2. The van der Waals surface area contributed by atoms with E-state index in [1.165, 1.54) is 0 Å². The molecular weight excluding hydrogens is 602 g/mol. The van der Waals surface area contributed by atoms with E-state index in [1.807, 2.05) is 49.7 Å². The molecule has 1 fully saturated rings. The maximum atomic E-state index is 12.7. The highest BCUT2D eigenvalue weighted by molar-refractivity contribution is 6.03. The Morgan fingerprint density at radius 1 is 1.04 bits per heavy atom. The molecule has 244 valence electrons. The van der Waals surface area contributed by atoms with Gasteiger partial charge in [-0.15, -0.1) is 5.10 Å². The molecular formula is C33H37N9O5. The summed E-state index contributed by atoms with van der Waals surface area (Å²) in [7, 11) is 1.63. The van der Waals surface area contributed by atoms with E-state index in [-0.39, 0.29) is 24.0 Å². The number of amides is 2. The van der Waals surface area contributed by atoms with Crippen LogP contribution >= 0.6 is 0 Å². The van der Waals surface area contributed by atoms with Crippen LogP contribution < -0.4 is 20.1 Å². The molecule has 1 atom stereocenters. The SMILES string of the molecule is COc1ccc(Cn2nc(NC3CCN(C(=O)OC(C)(C)C)C3)c3c(Oc4ccc(C(=O)Nc5n[nH]c(C)n5)cc4)ccnc32)cc1. The van der Waals surface area contributed by atoms with Gasteiger partial charge in [-0.1, -0.05) is 12.1 Å². The number of methoxy groups -OCH3 is 1. The molecule has 3 aromatic heterocycles. The molecule has 4 heterocycles. The summed E-state index contributed by atoms with van der Waals surface area (Å²) in [6.07, 6.45) is 2.06. The third-order valence-electron chi connectivity index (χ3n) is 7.43. The summed E-state index contributed by atoms with van der Waals surface area (Å²) >= 11 is 0. The van der Waals surface area contributed by atoms with Gasteiger partial charge < -0.3 is 24.4 Å². The number of aryl methyl sites for hydroxylation is 1. The fourth-order valence-corrected chi connectivity index (χ4v) is 5.21. The van der Waals surface area contributed by atoms with Gasteiger partial charge in [0.1, 0.15) is 34.1 Å². The number of benzene rings is 2. The van der Waals surface area contributed by atoms with E-state index in [0.29, 0.717) is 59.4 Å². The largest absolute Gasteiger partial charge is 0.497 e. The smallest absolute Gasteiger partial charge is 0.410 e. The van der Waals surface area contributed by atoms with Crippen molar-refractivity contribution in [3.05, 3.63) is 77.7 Å². The van der Waals surface area contributed by atoms with Crippen LogP contribution in [0.2, 0.25) is 0 Å². The van der Waals surface area contributed by atoms with E-state index in [0.717, 1.165) is 17.7 Å². The van der Waals surface area contributed by atoms with E-state index in [2.05, 4.69) is 30.8 Å². The molecule has 3 N–H and O–H groups in total. The molecule has 1 unspecified atom stereocenters. The third-order valence-corrected chi connectivity index (χ3v) is 7.43. The Hall–Kier alpha value is -5.66. The summed E-state index contributed by atoms with van der Waals surface area (Å²) < 4.78 is 19.1. The Balaban J connectivity index is 1.26. The third kappa shape index (κ3) is 7.43. The highest BCUT2D eigenvalue weighted by Crippen LogP contribution is 2.35. The Morgan fingerprint density at radius 2 is 1.79 bits per heavy atom. The van der Waals surface area contributed by atoms with Gasteiger partial charge in [-0.05, 0) is 76.1 Å². The average molecular weight is 640 g/mol. The normalized spacial score (nSPS) is 14.7. The standard InChI is InChI=1S/C33H37N9O5/c1-20-35-31(39-38-20)37-30(43)22-8-12-25(13-9-22)46-26-14-16-34-29-27(26)28(40-42(29)18-21-6-10-24(45-5)11-7-21)36-23-15-17-41(19-23)32(44)47-33(2,3)4/h6-14,16,23H,15,17-19H2,1-5H3,(H,36,40)(H2,35,37,38,39,43). The van der Waals surface area contributed by atoms with Crippen molar-refractivity contribution in [3.63, 3.8) is 0 Å². The quantitative estimate of drug-likeness (QED) is 0.191. The zero-order valence-electron chi connectivity index (χ0n) is 26.9. The number of fused-ring (bicyclic) bond motifs is 1. The second kappa shape index (κ2) is 13.0. The second-order valence-corrected chi connectivity index (χ2v) is 12.2. The van der Waals surface area contributed by atoms with Crippen molar-refractivity contribution < 1.29 is 23.8 Å². The number of anilines is 2. The maximum absolute atomic E-state index is 12.7. The Morgan fingerprint density at radius 3 is 2.47 bits per heavy atom. The maximum Gasteiger partial charge on any atom is 0.410 e. The lowest BCUT2D eigenvalue weighted by Gasteiger charge is -2.24. The minimum Gasteiger partial charge on any atom is -0.497 e. The van der Waals surface area contributed by atoms with Crippen LogP contribution in [0.25, 0.3) is 11.0 Å². The van der Waals surface area contributed by atoms with Gasteiger partial charge in [0.15, 0.2) is 11.5 Å². The molecule has 5 aromatic rings. The average Bonchev–Trinajstić information content (AvgIpc) is 3.77. The molecule has 14 heteroatoms. The van der Waals surface area contributed by atoms with E-state index >= 15 is 0 Å². The van der Waals surface area contributed by atoms with Crippen LogP contribution in [0.15, 0.2) is 60.8 Å². The Bertz CT molecular complexity index is 1880. The summed E-state index contributed by atoms with van der Waals surface area (Å²) in [5.41, 5.74) is 1.49. The van der Waals surface area contributed by atoms with Gasteiger partial charge in [-0.2, -0.15) is 10.1 Å². The van der Waals surface area contributed by atoms with Crippen molar-refractivity contribution in [2.24, 2.45) is 0 Å². The molecule has 0 bridgehead atoms. The van der Waals surface area contributed by atoms with Crippen LogP contribution in [0.3, 0.4) is 0 Å². The van der Waals surface area contributed by atoms with Crippen LogP contribution in [0.5, 0.6) is 17.2 Å². The van der Waals surface area contributed by atoms with Crippen molar-refractivity contribution in [1.29, 1.82) is 0 Å². The molecule has 0 spiro atoms. The minimum atomic E-state index is -0.575. The molecule has 0 aliphatic carbocycles. The predicted molar refractivity (Wildman–Crippen MR) is 175 cm³/mol. The summed E-state index contributed by atoms with van der Waals surface area (Å²) in [5.74, 6) is 2.87.